The summed E-state index contributed by atoms with van der Waals surface area (Å²) in [7, 11) is 1.51. The lowest BCUT2D eigenvalue weighted by molar-refractivity contribution is -0.116. The second-order valence-electron chi connectivity index (χ2n) is 6.56. The molecule has 0 saturated heterocycles. The van der Waals surface area contributed by atoms with Gasteiger partial charge in [-0.25, -0.2) is 4.98 Å². The van der Waals surface area contributed by atoms with Crippen LogP contribution in [0.3, 0.4) is 0 Å². The van der Waals surface area contributed by atoms with Crippen LogP contribution in [0.2, 0.25) is 5.02 Å². The lowest BCUT2D eigenvalue weighted by Crippen LogP contribution is -2.20. The van der Waals surface area contributed by atoms with E-state index in [1.807, 2.05) is 6.92 Å². The summed E-state index contributed by atoms with van der Waals surface area (Å²) >= 11 is 6.09. The van der Waals surface area contributed by atoms with Gasteiger partial charge in [0.25, 0.3) is 5.56 Å². The van der Waals surface area contributed by atoms with Gasteiger partial charge < -0.3 is 15.0 Å². The van der Waals surface area contributed by atoms with Crippen molar-refractivity contribution in [3.63, 3.8) is 0 Å². The van der Waals surface area contributed by atoms with Gasteiger partial charge in [0.05, 0.1) is 12.8 Å². The molecule has 0 aliphatic heterocycles. The number of pyridine rings is 1. The summed E-state index contributed by atoms with van der Waals surface area (Å²) in [5, 5.41) is 3.37. The van der Waals surface area contributed by atoms with Gasteiger partial charge in [0.15, 0.2) is 0 Å². The summed E-state index contributed by atoms with van der Waals surface area (Å²) < 4.78 is 5.27. The highest BCUT2D eigenvalue weighted by Gasteiger charge is 2.14. The molecule has 0 radical (unpaired) electrons. The van der Waals surface area contributed by atoms with Crippen molar-refractivity contribution in [2.75, 3.05) is 12.4 Å². The van der Waals surface area contributed by atoms with Gasteiger partial charge in [-0.2, -0.15) is 0 Å². The normalized spacial score (nSPS) is 10.6. The number of methoxy groups -OCH3 is 1. The van der Waals surface area contributed by atoms with Crippen molar-refractivity contribution >= 4 is 23.2 Å². The Bertz CT molecular complexity index is 1100. The fourth-order valence-corrected chi connectivity index (χ4v) is 3.09. The molecule has 0 spiro atoms. The summed E-state index contributed by atoms with van der Waals surface area (Å²) in [6, 6.07) is 6.95. The highest BCUT2D eigenvalue weighted by atomic mass is 35.5. The van der Waals surface area contributed by atoms with E-state index in [2.05, 4.69) is 20.3 Å². The molecule has 0 saturated carbocycles. The average molecular weight is 413 g/mol. The first-order chi connectivity index (χ1) is 13.9. The van der Waals surface area contributed by atoms with E-state index < -0.39 is 0 Å². The Balaban J connectivity index is 1.73. The molecule has 3 rings (SSSR count). The molecule has 0 aliphatic carbocycles. The molecule has 3 aromatic rings. The molecule has 0 unspecified atom stereocenters. The molecular formula is C21H21ClN4O3. The number of carbonyl (C=O) groups is 1. The van der Waals surface area contributed by atoms with Gasteiger partial charge in [0.2, 0.25) is 5.91 Å². The van der Waals surface area contributed by atoms with Crippen LogP contribution in [0.5, 0.6) is 5.75 Å². The van der Waals surface area contributed by atoms with Gasteiger partial charge in [0, 0.05) is 46.7 Å². The monoisotopic (exact) mass is 412 g/mol. The zero-order valence-electron chi connectivity index (χ0n) is 16.4. The van der Waals surface area contributed by atoms with E-state index in [0.29, 0.717) is 33.5 Å². The Kier molecular flexibility index (Phi) is 6.29. The van der Waals surface area contributed by atoms with Crippen LogP contribution in [-0.2, 0) is 11.2 Å². The number of aromatic nitrogens is 3. The predicted octanol–water partition coefficient (Wildman–Crippen LogP) is 3.68. The zero-order chi connectivity index (χ0) is 21.0. The Morgan fingerprint density at radius 3 is 2.62 bits per heavy atom. The van der Waals surface area contributed by atoms with E-state index in [-0.39, 0.29) is 24.3 Å². The molecule has 1 amide bonds. The third kappa shape index (κ3) is 4.81. The van der Waals surface area contributed by atoms with Crippen molar-refractivity contribution in [1.82, 2.24) is 15.0 Å². The van der Waals surface area contributed by atoms with Crippen LogP contribution in [0, 0.1) is 13.8 Å². The van der Waals surface area contributed by atoms with Crippen LogP contribution < -0.4 is 15.6 Å². The Labute approximate surface area is 173 Å². The first-order valence-electron chi connectivity index (χ1n) is 9.03. The van der Waals surface area contributed by atoms with Crippen LogP contribution in [0.1, 0.15) is 23.2 Å². The third-order valence-electron chi connectivity index (χ3n) is 4.53. The fourth-order valence-electron chi connectivity index (χ4n) is 2.93. The number of H-pyrrole nitrogens is 1. The largest absolute Gasteiger partial charge is 0.495 e. The molecule has 7 nitrogen and oxygen atoms in total. The Morgan fingerprint density at radius 1 is 1.24 bits per heavy atom. The highest BCUT2D eigenvalue weighted by molar-refractivity contribution is 6.31. The average Bonchev–Trinajstić information content (AvgIpc) is 2.70. The van der Waals surface area contributed by atoms with Gasteiger partial charge in [-0.15, -0.1) is 0 Å². The Morgan fingerprint density at radius 2 is 1.97 bits per heavy atom. The molecule has 150 valence electrons. The third-order valence-corrected chi connectivity index (χ3v) is 4.94. The predicted molar refractivity (Wildman–Crippen MR) is 113 cm³/mol. The number of aromatic amines is 1. The summed E-state index contributed by atoms with van der Waals surface area (Å²) in [6.45, 7) is 3.61. The SMILES string of the molecule is COc1cc(Cl)c(C)cc1NC(=O)CCc1c(C)nc(-c2ccncc2)[nH]c1=O. The van der Waals surface area contributed by atoms with E-state index in [1.165, 1.54) is 7.11 Å². The molecule has 0 fully saturated rings. The number of aryl methyl sites for hydroxylation is 2. The maximum atomic E-state index is 12.5. The standard InChI is InChI=1S/C21H21ClN4O3/c1-12-10-17(18(29-3)11-16(12)22)25-19(27)5-4-15-13(2)24-20(26-21(15)28)14-6-8-23-9-7-14/h6-11H,4-5H2,1-3H3,(H,25,27)(H,24,26,28). The van der Waals surface area contributed by atoms with Crippen molar-refractivity contribution in [1.29, 1.82) is 0 Å². The number of rotatable bonds is 6. The lowest BCUT2D eigenvalue weighted by atomic mass is 10.1. The van der Waals surface area contributed by atoms with Crippen LogP contribution in [0.25, 0.3) is 11.4 Å². The maximum Gasteiger partial charge on any atom is 0.254 e. The molecule has 0 aliphatic rings. The molecular weight excluding hydrogens is 392 g/mol. The van der Waals surface area contributed by atoms with Crippen molar-refractivity contribution in [3.8, 4) is 17.1 Å². The molecule has 2 N–H and O–H groups in total. The highest BCUT2D eigenvalue weighted by Crippen LogP contribution is 2.31. The number of benzene rings is 1. The minimum atomic E-state index is -0.253. The minimum absolute atomic E-state index is 0.130. The summed E-state index contributed by atoms with van der Waals surface area (Å²) in [6.07, 6.45) is 3.67. The minimum Gasteiger partial charge on any atom is -0.495 e. The number of nitrogens with zero attached hydrogens (tertiary/aromatic N) is 2. The van der Waals surface area contributed by atoms with E-state index in [0.717, 1.165) is 11.1 Å². The number of carbonyl (C=O) groups excluding carboxylic acids is 1. The van der Waals surface area contributed by atoms with Gasteiger partial charge >= 0.3 is 0 Å². The van der Waals surface area contributed by atoms with E-state index in [1.54, 1.807) is 43.6 Å². The van der Waals surface area contributed by atoms with Gasteiger partial charge in [-0.05, 0) is 44.0 Å². The van der Waals surface area contributed by atoms with Gasteiger partial charge in [-0.3, -0.25) is 14.6 Å². The van der Waals surface area contributed by atoms with E-state index >= 15 is 0 Å². The second kappa shape index (κ2) is 8.87. The fraction of sp³-hybridized carbons (Fsp3) is 0.238. The number of hydrogen-bond acceptors (Lipinski definition) is 5. The maximum absolute atomic E-state index is 12.5. The molecule has 8 heteroatoms. The van der Waals surface area contributed by atoms with Crippen LogP contribution in [0.15, 0.2) is 41.5 Å². The zero-order valence-corrected chi connectivity index (χ0v) is 17.1. The second-order valence-corrected chi connectivity index (χ2v) is 6.97. The number of halogens is 1. The number of amides is 1. The number of nitrogens with one attached hydrogen (secondary N) is 2. The molecule has 0 bridgehead atoms. The number of anilines is 1. The van der Waals surface area contributed by atoms with Crippen molar-refractivity contribution in [2.45, 2.75) is 26.7 Å². The summed E-state index contributed by atoms with van der Waals surface area (Å²) in [4.78, 5) is 36.1. The molecule has 0 atom stereocenters. The first-order valence-corrected chi connectivity index (χ1v) is 9.41. The van der Waals surface area contributed by atoms with Crippen LogP contribution in [-0.4, -0.2) is 28.0 Å². The summed E-state index contributed by atoms with van der Waals surface area (Å²) in [5.41, 5.74) is 2.96. The number of hydrogen-bond donors (Lipinski definition) is 2. The quantitative estimate of drug-likeness (QED) is 0.643. The smallest absolute Gasteiger partial charge is 0.254 e. The lowest BCUT2D eigenvalue weighted by Gasteiger charge is -2.12. The van der Waals surface area contributed by atoms with E-state index in [9.17, 15) is 9.59 Å². The number of ether oxygens (including phenoxy) is 1. The van der Waals surface area contributed by atoms with Crippen molar-refractivity contribution < 1.29 is 9.53 Å². The molecule has 29 heavy (non-hydrogen) atoms. The van der Waals surface area contributed by atoms with Crippen molar-refractivity contribution in [3.05, 3.63) is 68.9 Å². The molecule has 2 heterocycles. The van der Waals surface area contributed by atoms with Gasteiger partial charge in [0.1, 0.15) is 11.6 Å². The van der Waals surface area contributed by atoms with Crippen LogP contribution in [0.4, 0.5) is 5.69 Å². The van der Waals surface area contributed by atoms with Gasteiger partial charge in [-0.1, -0.05) is 11.6 Å². The van der Waals surface area contributed by atoms with Crippen molar-refractivity contribution in [2.24, 2.45) is 0 Å². The molecule has 1 aromatic carbocycles. The Hall–Kier alpha value is -3.19. The van der Waals surface area contributed by atoms with Crippen LogP contribution >= 0.6 is 11.6 Å². The first kappa shape index (κ1) is 20.5. The summed E-state index contributed by atoms with van der Waals surface area (Å²) in [5.74, 6) is 0.720. The molecule has 2 aromatic heterocycles. The van der Waals surface area contributed by atoms with E-state index in [4.69, 9.17) is 16.3 Å². The topological polar surface area (TPSA) is 97.0 Å².